The highest BCUT2D eigenvalue weighted by Gasteiger charge is 2.30. The van der Waals surface area contributed by atoms with Gasteiger partial charge in [0.15, 0.2) is 0 Å². The largest absolute Gasteiger partial charge is 0.489 e. The third-order valence-electron chi connectivity index (χ3n) is 5.67. The zero-order valence-electron chi connectivity index (χ0n) is 16.6. The Hall–Kier alpha value is -2.51. The van der Waals surface area contributed by atoms with Gasteiger partial charge in [-0.2, -0.15) is 13.2 Å². The first kappa shape index (κ1) is 21.7. The zero-order valence-corrected chi connectivity index (χ0v) is 17.4. The highest BCUT2D eigenvalue weighted by molar-refractivity contribution is 6.32. The number of nitrogens with one attached hydrogen (secondary N) is 2. The molecule has 3 aromatic rings. The quantitative estimate of drug-likeness (QED) is 0.525. The fourth-order valence-corrected chi connectivity index (χ4v) is 4.13. The van der Waals surface area contributed by atoms with Crippen molar-refractivity contribution in [2.75, 3.05) is 0 Å². The van der Waals surface area contributed by atoms with Crippen LogP contribution in [0.4, 0.5) is 13.2 Å². The van der Waals surface area contributed by atoms with E-state index in [1.54, 1.807) is 18.3 Å². The molecule has 1 heterocycles. The van der Waals surface area contributed by atoms with E-state index in [4.69, 9.17) is 16.3 Å². The van der Waals surface area contributed by atoms with E-state index in [-0.39, 0.29) is 17.7 Å². The van der Waals surface area contributed by atoms with Crippen LogP contribution in [-0.2, 0) is 12.7 Å². The van der Waals surface area contributed by atoms with Crippen molar-refractivity contribution in [3.63, 3.8) is 0 Å². The minimum absolute atomic E-state index is 0.0288. The number of hydrogen-bond acceptors (Lipinski definition) is 3. The number of aromatic nitrogens is 1. The van der Waals surface area contributed by atoms with E-state index in [9.17, 15) is 18.0 Å². The van der Waals surface area contributed by atoms with E-state index in [0.717, 1.165) is 48.8 Å². The third kappa shape index (κ3) is 5.22. The first-order valence-corrected chi connectivity index (χ1v) is 10.5. The summed E-state index contributed by atoms with van der Waals surface area (Å²) >= 11 is 6.32. The molecule has 0 amide bonds. The van der Waals surface area contributed by atoms with Gasteiger partial charge in [0.05, 0.1) is 16.7 Å². The number of ether oxygens (including phenoxy) is 1. The molecule has 1 fully saturated rings. The molecule has 1 saturated carbocycles. The molecule has 0 saturated heterocycles. The smallest absolute Gasteiger partial charge is 0.416 e. The summed E-state index contributed by atoms with van der Waals surface area (Å²) in [6.45, 7) is 0.527. The SMILES string of the molecule is O=c1[nH]ccc2cc(OC3CCC(NCc4ccc(C(F)(F)F)cc4)CC3)c(Cl)cc12. The molecule has 2 aromatic carbocycles. The highest BCUT2D eigenvalue weighted by Crippen LogP contribution is 2.32. The van der Waals surface area contributed by atoms with Crippen LogP contribution >= 0.6 is 11.6 Å². The summed E-state index contributed by atoms with van der Waals surface area (Å²) in [6, 6.07) is 10.8. The van der Waals surface area contributed by atoms with E-state index in [1.165, 1.54) is 12.1 Å². The summed E-state index contributed by atoms with van der Waals surface area (Å²) < 4.78 is 44.1. The minimum Gasteiger partial charge on any atom is -0.489 e. The number of hydrogen-bond donors (Lipinski definition) is 2. The van der Waals surface area contributed by atoms with Crippen LogP contribution in [0.1, 0.15) is 36.8 Å². The average Bonchev–Trinajstić information content (AvgIpc) is 2.74. The summed E-state index contributed by atoms with van der Waals surface area (Å²) in [6.07, 6.45) is 0.792. The van der Waals surface area contributed by atoms with Gasteiger partial charge in [-0.3, -0.25) is 4.79 Å². The molecule has 31 heavy (non-hydrogen) atoms. The van der Waals surface area contributed by atoms with Crippen LogP contribution in [0.25, 0.3) is 10.8 Å². The number of fused-ring (bicyclic) bond motifs is 1. The van der Waals surface area contributed by atoms with Gasteiger partial charge in [-0.25, -0.2) is 0 Å². The number of benzene rings is 2. The van der Waals surface area contributed by atoms with Crippen LogP contribution in [0, 0.1) is 0 Å². The standard InChI is InChI=1S/C23H22ClF3N2O2/c24-20-12-19-15(9-10-28-22(19)30)11-21(20)31-18-7-5-17(6-8-18)29-13-14-1-3-16(4-2-14)23(25,26)27/h1-4,9-12,17-18,29H,5-8,13H2,(H,28,30). The van der Waals surface area contributed by atoms with E-state index >= 15 is 0 Å². The fraction of sp³-hybridized carbons (Fsp3) is 0.348. The van der Waals surface area contributed by atoms with Gasteiger partial charge >= 0.3 is 6.18 Å². The molecule has 0 aliphatic heterocycles. The lowest BCUT2D eigenvalue weighted by Crippen LogP contribution is -2.36. The van der Waals surface area contributed by atoms with E-state index < -0.39 is 11.7 Å². The number of alkyl halides is 3. The van der Waals surface area contributed by atoms with Crippen molar-refractivity contribution >= 4 is 22.4 Å². The van der Waals surface area contributed by atoms with Gasteiger partial charge in [-0.15, -0.1) is 0 Å². The summed E-state index contributed by atoms with van der Waals surface area (Å²) in [4.78, 5) is 14.5. The Labute approximate surface area is 182 Å². The number of H-pyrrole nitrogens is 1. The molecule has 4 nitrogen and oxygen atoms in total. The van der Waals surface area contributed by atoms with E-state index in [0.29, 0.717) is 22.7 Å². The summed E-state index contributed by atoms with van der Waals surface area (Å²) in [5.74, 6) is 0.570. The monoisotopic (exact) mass is 450 g/mol. The van der Waals surface area contributed by atoms with Crippen LogP contribution in [0.2, 0.25) is 5.02 Å². The van der Waals surface area contributed by atoms with Gasteiger partial charge in [0.1, 0.15) is 5.75 Å². The van der Waals surface area contributed by atoms with Crippen molar-refractivity contribution in [1.82, 2.24) is 10.3 Å². The van der Waals surface area contributed by atoms with Crippen molar-refractivity contribution in [1.29, 1.82) is 0 Å². The van der Waals surface area contributed by atoms with Crippen molar-refractivity contribution in [3.8, 4) is 5.75 Å². The van der Waals surface area contributed by atoms with Gasteiger partial charge in [0, 0.05) is 24.2 Å². The normalized spacial score (nSPS) is 19.5. The molecule has 0 bridgehead atoms. The van der Waals surface area contributed by atoms with Crippen molar-refractivity contribution in [2.45, 2.75) is 50.6 Å². The van der Waals surface area contributed by atoms with Gasteiger partial charge < -0.3 is 15.0 Å². The van der Waals surface area contributed by atoms with Crippen LogP contribution in [0.5, 0.6) is 5.75 Å². The predicted molar refractivity (Wildman–Crippen MR) is 115 cm³/mol. The first-order valence-electron chi connectivity index (χ1n) is 10.2. The molecule has 0 spiro atoms. The Morgan fingerprint density at radius 2 is 1.77 bits per heavy atom. The Kier molecular flexibility index (Phi) is 6.25. The lowest BCUT2D eigenvalue weighted by Gasteiger charge is -2.30. The Balaban J connectivity index is 1.30. The lowest BCUT2D eigenvalue weighted by molar-refractivity contribution is -0.137. The van der Waals surface area contributed by atoms with Crippen molar-refractivity contribution in [2.24, 2.45) is 0 Å². The summed E-state index contributed by atoms with van der Waals surface area (Å²) in [7, 11) is 0. The molecule has 1 aliphatic rings. The Bertz CT molecular complexity index is 1100. The zero-order chi connectivity index (χ0) is 22.0. The number of pyridine rings is 1. The number of halogens is 4. The summed E-state index contributed by atoms with van der Waals surface area (Å²) in [5.41, 5.74) is 0.000695. The van der Waals surface area contributed by atoms with Crippen LogP contribution < -0.4 is 15.6 Å². The van der Waals surface area contributed by atoms with Crippen molar-refractivity contribution in [3.05, 3.63) is 75.2 Å². The van der Waals surface area contributed by atoms with E-state index in [2.05, 4.69) is 10.3 Å². The molecule has 8 heteroatoms. The molecule has 2 N–H and O–H groups in total. The van der Waals surface area contributed by atoms with E-state index in [1.807, 2.05) is 6.07 Å². The molecule has 0 radical (unpaired) electrons. The molecule has 1 aliphatic carbocycles. The maximum Gasteiger partial charge on any atom is 0.416 e. The van der Waals surface area contributed by atoms with Gasteiger partial charge in [-0.05, 0) is 67.0 Å². The molecule has 0 atom stereocenters. The average molecular weight is 451 g/mol. The van der Waals surface area contributed by atoms with Gasteiger partial charge in [0.2, 0.25) is 0 Å². The van der Waals surface area contributed by atoms with Gasteiger partial charge in [0.25, 0.3) is 5.56 Å². The second-order valence-corrected chi connectivity index (χ2v) is 8.25. The molecule has 0 unspecified atom stereocenters. The minimum atomic E-state index is -4.31. The number of aromatic amines is 1. The third-order valence-corrected chi connectivity index (χ3v) is 5.97. The van der Waals surface area contributed by atoms with Gasteiger partial charge in [-0.1, -0.05) is 23.7 Å². The highest BCUT2D eigenvalue weighted by atomic mass is 35.5. The predicted octanol–water partition coefficient (Wildman–Crippen LogP) is 5.68. The lowest BCUT2D eigenvalue weighted by atomic mass is 9.92. The molecular formula is C23H22ClF3N2O2. The molecule has 4 rings (SSSR count). The van der Waals surface area contributed by atoms with Crippen LogP contribution in [-0.4, -0.2) is 17.1 Å². The second-order valence-electron chi connectivity index (χ2n) is 7.84. The van der Waals surface area contributed by atoms with Crippen LogP contribution in [0.3, 0.4) is 0 Å². The topological polar surface area (TPSA) is 54.1 Å². The maximum atomic E-state index is 12.7. The number of rotatable bonds is 5. The molecule has 1 aromatic heterocycles. The first-order chi connectivity index (χ1) is 14.8. The fourth-order valence-electron chi connectivity index (χ4n) is 3.92. The molecule has 164 valence electrons. The maximum absolute atomic E-state index is 12.7. The summed E-state index contributed by atoms with van der Waals surface area (Å²) in [5, 5.41) is 5.13. The van der Waals surface area contributed by atoms with Crippen LogP contribution in [0.15, 0.2) is 53.5 Å². The second kappa shape index (κ2) is 8.93. The molecular weight excluding hydrogens is 429 g/mol. The van der Waals surface area contributed by atoms with Crippen molar-refractivity contribution < 1.29 is 17.9 Å². The Morgan fingerprint density at radius 3 is 2.45 bits per heavy atom. The Morgan fingerprint density at radius 1 is 1.06 bits per heavy atom.